The number of benzene rings is 1. The standard InChI is InChI=1S/C14H19N3O2/c1-8(2)6-9(3)19-14(18)13-11-7-10(15)4-5-12(11)16-17-13/h4-5,7-9H,6,15H2,1-3H3,(H,16,17). The van der Waals surface area contributed by atoms with Crippen molar-refractivity contribution >= 4 is 22.6 Å². The van der Waals surface area contributed by atoms with Crippen LogP contribution in [0.4, 0.5) is 5.69 Å². The molecule has 2 rings (SSSR count). The summed E-state index contributed by atoms with van der Waals surface area (Å²) in [4.78, 5) is 12.1. The van der Waals surface area contributed by atoms with E-state index in [0.29, 0.717) is 17.0 Å². The molecule has 1 aromatic heterocycles. The van der Waals surface area contributed by atoms with E-state index in [4.69, 9.17) is 10.5 Å². The highest BCUT2D eigenvalue weighted by Gasteiger charge is 2.18. The number of nitrogen functional groups attached to an aromatic ring is 1. The van der Waals surface area contributed by atoms with Gasteiger partial charge in [0, 0.05) is 11.1 Å². The number of aromatic nitrogens is 2. The number of esters is 1. The molecule has 0 amide bonds. The zero-order valence-electron chi connectivity index (χ0n) is 11.4. The molecule has 19 heavy (non-hydrogen) atoms. The normalized spacial score (nSPS) is 12.8. The van der Waals surface area contributed by atoms with E-state index >= 15 is 0 Å². The Morgan fingerprint density at radius 1 is 1.42 bits per heavy atom. The second-order valence-electron chi connectivity index (χ2n) is 5.22. The molecule has 0 fully saturated rings. The molecule has 102 valence electrons. The average Bonchev–Trinajstić information content (AvgIpc) is 2.70. The van der Waals surface area contributed by atoms with Crippen LogP contribution >= 0.6 is 0 Å². The average molecular weight is 261 g/mol. The smallest absolute Gasteiger partial charge is 0.359 e. The van der Waals surface area contributed by atoms with Crippen molar-refractivity contribution < 1.29 is 9.53 Å². The van der Waals surface area contributed by atoms with E-state index in [1.165, 1.54) is 0 Å². The van der Waals surface area contributed by atoms with Crippen molar-refractivity contribution in [2.75, 3.05) is 5.73 Å². The predicted octanol–water partition coefficient (Wildman–Crippen LogP) is 2.74. The Bertz CT molecular complexity index is 589. The molecule has 0 radical (unpaired) electrons. The van der Waals surface area contributed by atoms with Crippen LogP contribution in [0.5, 0.6) is 0 Å². The molecular weight excluding hydrogens is 242 g/mol. The molecule has 0 bridgehead atoms. The summed E-state index contributed by atoms with van der Waals surface area (Å²) in [7, 11) is 0. The van der Waals surface area contributed by atoms with E-state index < -0.39 is 5.97 Å². The van der Waals surface area contributed by atoms with Gasteiger partial charge in [0.05, 0.1) is 11.6 Å². The van der Waals surface area contributed by atoms with Crippen LogP contribution < -0.4 is 5.73 Å². The largest absolute Gasteiger partial charge is 0.458 e. The Morgan fingerprint density at radius 2 is 2.16 bits per heavy atom. The van der Waals surface area contributed by atoms with Crippen molar-refractivity contribution in [3.63, 3.8) is 0 Å². The molecule has 3 N–H and O–H groups in total. The number of ether oxygens (including phenoxy) is 1. The van der Waals surface area contributed by atoms with Crippen molar-refractivity contribution in [2.45, 2.75) is 33.3 Å². The molecule has 0 spiro atoms. The molecular formula is C14H19N3O2. The molecule has 1 heterocycles. The predicted molar refractivity (Wildman–Crippen MR) is 74.8 cm³/mol. The molecule has 0 aliphatic rings. The SMILES string of the molecule is CC(C)CC(C)OC(=O)c1n[nH]c2ccc(N)cc12. The first-order valence-corrected chi connectivity index (χ1v) is 6.42. The molecule has 1 unspecified atom stereocenters. The third kappa shape index (κ3) is 3.05. The highest BCUT2D eigenvalue weighted by Crippen LogP contribution is 2.20. The number of hydrogen-bond acceptors (Lipinski definition) is 4. The highest BCUT2D eigenvalue weighted by molar-refractivity contribution is 6.02. The highest BCUT2D eigenvalue weighted by atomic mass is 16.5. The summed E-state index contributed by atoms with van der Waals surface area (Å²) in [6.07, 6.45) is 0.705. The third-order valence-corrected chi connectivity index (χ3v) is 2.89. The monoisotopic (exact) mass is 261 g/mol. The quantitative estimate of drug-likeness (QED) is 0.655. The minimum atomic E-state index is -0.412. The summed E-state index contributed by atoms with van der Waals surface area (Å²) >= 11 is 0. The van der Waals surface area contributed by atoms with E-state index in [-0.39, 0.29) is 11.8 Å². The number of nitrogens with zero attached hydrogens (tertiary/aromatic N) is 1. The van der Waals surface area contributed by atoms with Gasteiger partial charge in [-0.1, -0.05) is 13.8 Å². The number of carbonyl (C=O) groups excluding carboxylic acids is 1. The first-order chi connectivity index (χ1) is 8.97. The number of rotatable bonds is 4. The van der Waals surface area contributed by atoms with Crippen molar-refractivity contribution in [3.8, 4) is 0 Å². The fourth-order valence-corrected chi connectivity index (χ4v) is 2.14. The summed E-state index contributed by atoms with van der Waals surface area (Å²) in [6.45, 7) is 6.07. The fraction of sp³-hybridized carbons (Fsp3) is 0.429. The van der Waals surface area contributed by atoms with Crippen LogP contribution in [-0.4, -0.2) is 22.3 Å². The number of H-pyrrole nitrogens is 1. The molecule has 0 saturated heterocycles. The fourth-order valence-electron chi connectivity index (χ4n) is 2.14. The number of hydrogen-bond donors (Lipinski definition) is 2. The maximum Gasteiger partial charge on any atom is 0.359 e. The van der Waals surface area contributed by atoms with Crippen LogP contribution in [0.25, 0.3) is 10.9 Å². The minimum Gasteiger partial charge on any atom is -0.458 e. The van der Waals surface area contributed by atoms with Crippen LogP contribution in [0, 0.1) is 5.92 Å². The molecule has 5 heteroatoms. The first kappa shape index (κ1) is 13.4. The molecule has 0 aliphatic heterocycles. The van der Waals surface area contributed by atoms with Crippen molar-refractivity contribution in [1.82, 2.24) is 10.2 Å². The molecule has 2 aromatic rings. The Morgan fingerprint density at radius 3 is 2.84 bits per heavy atom. The lowest BCUT2D eigenvalue weighted by atomic mass is 10.1. The molecule has 0 saturated carbocycles. The lowest BCUT2D eigenvalue weighted by Gasteiger charge is -2.14. The topological polar surface area (TPSA) is 81.0 Å². The summed E-state index contributed by atoms with van der Waals surface area (Å²) in [5, 5.41) is 7.51. The van der Waals surface area contributed by atoms with E-state index in [1.807, 2.05) is 6.92 Å². The van der Waals surface area contributed by atoms with Gasteiger partial charge in [-0.15, -0.1) is 0 Å². The zero-order valence-corrected chi connectivity index (χ0v) is 11.4. The van der Waals surface area contributed by atoms with Crippen LogP contribution in [-0.2, 0) is 4.74 Å². The summed E-state index contributed by atoms with van der Waals surface area (Å²) in [5.41, 5.74) is 7.39. The minimum absolute atomic E-state index is 0.125. The van der Waals surface area contributed by atoms with Crippen molar-refractivity contribution in [3.05, 3.63) is 23.9 Å². The number of carbonyl (C=O) groups is 1. The van der Waals surface area contributed by atoms with Crippen molar-refractivity contribution in [1.29, 1.82) is 0 Å². The Labute approximate surface area is 112 Å². The Hall–Kier alpha value is -2.04. The maximum atomic E-state index is 12.1. The van der Waals surface area contributed by atoms with Crippen LogP contribution in [0.3, 0.4) is 0 Å². The molecule has 1 aromatic carbocycles. The van der Waals surface area contributed by atoms with E-state index in [1.54, 1.807) is 18.2 Å². The van der Waals surface area contributed by atoms with Crippen LogP contribution in [0.1, 0.15) is 37.7 Å². The van der Waals surface area contributed by atoms with Gasteiger partial charge in [0.1, 0.15) is 0 Å². The van der Waals surface area contributed by atoms with Gasteiger partial charge in [0.15, 0.2) is 5.69 Å². The van der Waals surface area contributed by atoms with Crippen molar-refractivity contribution in [2.24, 2.45) is 5.92 Å². The molecule has 1 atom stereocenters. The van der Waals surface area contributed by atoms with Gasteiger partial charge in [-0.05, 0) is 37.5 Å². The van der Waals surface area contributed by atoms with Gasteiger partial charge in [0.25, 0.3) is 0 Å². The van der Waals surface area contributed by atoms with E-state index in [0.717, 1.165) is 11.9 Å². The van der Waals surface area contributed by atoms with Gasteiger partial charge >= 0.3 is 5.97 Å². The summed E-state index contributed by atoms with van der Waals surface area (Å²) < 4.78 is 5.39. The van der Waals surface area contributed by atoms with Gasteiger partial charge < -0.3 is 10.5 Å². The molecule has 5 nitrogen and oxygen atoms in total. The Kier molecular flexibility index (Phi) is 3.74. The van der Waals surface area contributed by atoms with Gasteiger partial charge in [-0.2, -0.15) is 5.10 Å². The lowest BCUT2D eigenvalue weighted by molar-refractivity contribution is 0.0295. The van der Waals surface area contributed by atoms with E-state index in [9.17, 15) is 4.79 Å². The zero-order chi connectivity index (χ0) is 14.0. The molecule has 0 aliphatic carbocycles. The second kappa shape index (κ2) is 5.30. The maximum absolute atomic E-state index is 12.1. The van der Waals surface area contributed by atoms with Crippen LogP contribution in [0.2, 0.25) is 0 Å². The third-order valence-electron chi connectivity index (χ3n) is 2.89. The summed E-state index contributed by atoms with van der Waals surface area (Å²) in [6, 6.07) is 5.28. The van der Waals surface area contributed by atoms with Gasteiger partial charge in [-0.3, -0.25) is 5.10 Å². The first-order valence-electron chi connectivity index (χ1n) is 6.42. The Balaban J connectivity index is 2.19. The number of aromatic amines is 1. The van der Waals surface area contributed by atoms with Gasteiger partial charge in [-0.25, -0.2) is 4.79 Å². The second-order valence-corrected chi connectivity index (χ2v) is 5.22. The number of fused-ring (bicyclic) bond motifs is 1. The number of anilines is 1. The van der Waals surface area contributed by atoms with E-state index in [2.05, 4.69) is 24.0 Å². The van der Waals surface area contributed by atoms with Gasteiger partial charge in [0.2, 0.25) is 0 Å². The number of nitrogens with two attached hydrogens (primary N) is 1. The number of nitrogens with one attached hydrogen (secondary N) is 1. The van der Waals surface area contributed by atoms with Crippen LogP contribution in [0.15, 0.2) is 18.2 Å². The lowest BCUT2D eigenvalue weighted by Crippen LogP contribution is -2.17. The summed E-state index contributed by atoms with van der Waals surface area (Å²) in [5.74, 6) is 0.0689.